The molecule has 0 fully saturated rings. The molecule has 1 aliphatic carbocycles. The fourth-order valence-electron chi connectivity index (χ4n) is 2.50. The number of rotatable bonds is 4. The maximum atomic E-state index is 12.6. The molecular formula is C15H19F3N2. The number of nitrogens with one attached hydrogen (secondary N) is 1. The zero-order valence-electron chi connectivity index (χ0n) is 11.5. The molecule has 2 nitrogen and oxygen atoms in total. The average molecular weight is 284 g/mol. The van der Waals surface area contributed by atoms with E-state index in [0.29, 0.717) is 5.69 Å². The smallest absolute Gasteiger partial charge is 0.306 e. The molecule has 0 aromatic carbocycles. The fraction of sp³-hybridized carbons (Fsp3) is 0.533. The Labute approximate surface area is 117 Å². The first-order valence-corrected chi connectivity index (χ1v) is 6.98. The molecule has 0 aliphatic heterocycles. The number of pyridine rings is 1. The van der Waals surface area contributed by atoms with Crippen LogP contribution < -0.4 is 5.32 Å². The summed E-state index contributed by atoms with van der Waals surface area (Å²) in [5, 5.41) is 3.31. The molecule has 1 unspecified atom stereocenters. The van der Waals surface area contributed by atoms with Crippen LogP contribution in [0.4, 0.5) is 13.2 Å². The van der Waals surface area contributed by atoms with E-state index >= 15 is 0 Å². The second kappa shape index (κ2) is 6.39. The van der Waals surface area contributed by atoms with Crippen molar-refractivity contribution in [1.29, 1.82) is 0 Å². The van der Waals surface area contributed by atoms with Crippen molar-refractivity contribution in [2.75, 3.05) is 6.54 Å². The molecule has 1 aromatic heterocycles. The fourth-order valence-corrected chi connectivity index (χ4v) is 2.50. The van der Waals surface area contributed by atoms with E-state index < -0.39 is 11.7 Å². The van der Waals surface area contributed by atoms with Crippen molar-refractivity contribution in [2.45, 2.75) is 44.8 Å². The van der Waals surface area contributed by atoms with Gasteiger partial charge in [0.15, 0.2) is 0 Å². The first kappa shape index (κ1) is 15.0. The number of nitrogens with zero attached hydrogens (tertiary/aromatic N) is 1. The lowest BCUT2D eigenvalue weighted by Gasteiger charge is -2.24. The predicted molar refractivity (Wildman–Crippen MR) is 72.2 cm³/mol. The molecular weight excluding hydrogens is 265 g/mol. The number of aromatic nitrogens is 1. The Kier molecular flexibility index (Phi) is 4.81. The van der Waals surface area contributed by atoms with Gasteiger partial charge in [-0.2, -0.15) is 13.2 Å². The van der Waals surface area contributed by atoms with Crippen LogP contribution >= 0.6 is 0 Å². The van der Waals surface area contributed by atoms with E-state index in [1.807, 2.05) is 6.92 Å². The molecule has 0 amide bonds. The molecule has 1 aliphatic rings. The van der Waals surface area contributed by atoms with Crippen LogP contribution in [0.1, 0.15) is 49.9 Å². The Hall–Kier alpha value is -1.36. The lowest BCUT2D eigenvalue weighted by molar-refractivity contribution is -0.137. The Morgan fingerprint density at radius 3 is 2.60 bits per heavy atom. The summed E-state index contributed by atoms with van der Waals surface area (Å²) in [6.45, 7) is 2.74. The van der Waals surface area contributed by atoms with Gasteiger partial charge in [0.2, 0.25) is 0 Å². The second-order valence-electron chi connectivity index (χ2n) is 4.99. The third-order valence-electron chi connectivity index (χ3n) is 3.51. The number of allylic oxidation sites excluding steroid dienone is 1. The lowest BCUT2D eigenvalue weighted by atomic mass is 9.92. The van der Waals surface area contributed by atoms with E-state index in [0.717, 1.165) is 38.1 Å². The molecule has 0 spiro atoms. The van der Waals surface area contributed by atoms with Gasteiger partial charge < -0.3 is 5.32 Å². The van der Waals surface area contributed by atoms with Crippen LogP contribution in [0, 0.1) is 0 Å². The van der Waals surface area contributed by atoms with Gasteiger partial charge in [-0.3, -0.25) is 4.98 Å². The van der Waals surface area contributed by atoms with Crippen LogP contribution in [0.25, 0.3) is 0 Å². The molecule has 0 radical (unpaired) electrons. The van der Waals surface area contributed by atoms with Crippen LogP contribution in [0.2, 0.25) is 0 Å². The van der Waals surface area contributed by atoms with Gasteiger partial charge in [-0.15, -0.1) is 0 Å². The van der Waals surface area contributed by atoms with Crippen LogP contribution in [0.5, 0.6) is 0 Å². The first-order valence-electron chi connectivity index (χ1n) is 6.98. The molecule has 5 heteroatoms. The number of hydrogen-bond acceptors (Lipinski definition) is 2. The number of alkyl halides is 3. The standard InChI is InChI=1S/C15H19F3N2/c1-2-19-14(11-6-4-3-5-7-11)13-9-8-12(10-20-13)15(16,17)18/h6,8-10,14,19H,2-5,7H2,1H3. The first-order chi connectivity index (χ1) is 9.52. The highest BCUT2D eigenvalue weighted by molar-refractivity contribution is 5.26. The number of likely N-dealkylation sites (N-methyl/N-ethyl adjacent to an activating group) is 1. The topological polar surface area (TPSA) is 24.9 Å². The molecule has 1 atom stereocenters. The van der Waals surface area contributed by atoms with Crippen molar-refractivity contribution in [3.63, 3.8) is 0 Å². The normalized spacial score (nSPS) is 17.7. The highest BCUT2D eigenvalue weighted by Gasteiger charge is 2.31. The van der Waals surface area contributed by atoms with Crippen LogP contribution in [0.3, 0.4) is 0 Å². The molecule has 1 aromatic rings. The molecule has 0 saturated heterocycles. The summed E-state index contributed by atoms with van der Waals surface area (Å²) in [6.07, 6.45) is 3.12. The van der Waals surface area contributed by atoms with Gasteiger partial charge in [-0.05, 0) is 44.4 Å². The summed E-state index contributed by atoms with van der Waals surface area (Å²) in [7, 11) is 0. The Balaban J connectivity index is 2.23. The van der Waals surface area contributed by atoms with E-state index in [2.05, 4.69) is 16.4 Å². The molecule has 1 heterocycles. The van der Waals surface area contributed by atoms with Gasteiger partial charge in [-0.1, -0.05) is 18.6 Å². The van der Waals surface area contributed by atoms with E-state index in [-0.39, 0.29) is 6.04 Å². The van der Waals surface area contributed by atoms with E-state index in [9.17, 15) is 13.2 Å². The van der Waals surface area contributed by atoms with Crippen molar-refractivity contribution < 1.29 is 13.2 Å². The van der Waals surface area contributed by atoms with Gasteiger partial charge in [0, 0.05) is 6.20 Å². The van der Waals surface area contributed by atoms with Crippen molar-refractivity contribution >= 4 is 0 Å². The zero-order valence-corrected chi connectivity index (χ0v) is 11.5. The van der Waals surface area contributed by atoms with Gasteiger partial charge in [0.1, 0.15) is 0 Å². The van der Waals surface area contributed by atoms with Crippen molar-refractivity contribution in [3.05, 3.63) is 41.2 Å². The van der Waals surface area contributed by atoms with Crippen LogP contribution in [0.15, 0.2) is 30.0 Å². The maximum absolute atomic E-state index is 12.6. The molecule has 2 rings (SSSR count). The second-order valence-corrected chi connectivity index (χ2v) is 4.99. The zero-order chi connectivity index (χ0) is 14.6. The molecule has 0 saturated carbocycles. The lowest BCUT2D eigenvalue weighted by Crippen LogP contribution is -2.24. The van der Waals surface area contributed by atoms with Gasteiger partial charge in [0.05, 0.1) is 17.3 Å². The molecule has 110 valence electrons. The SMILES string of the molecule is CCNC(C1=CCCCC1)c1ccc(C(F)(F)F)cn1. The van der Waals surface area contributed by atoms with E-state index in [1.165, 1.54) is 18.1 Å². The highest BCUT2D eigenvalue weighted by atomic mass is 19.4. The van der Waals surface area contributed by atoms with Crippen molar-refractivity contribution in [2.24, 2.45) is 0 Å². The summed E-state index contributed by atoms with van der Waals surface area (Å²) in [4.78, 5) is 4.02. The summed E-state index contributed by atoms with van der Waals surface area (Å²) in [5.74, 6) is 0. The minimum Gasteiger partial charge on any atom is -0.306 e. The van der Waals surface area contributed by atoms with Gasteiger partial charge in [-0.25, -0.2) is 0 Å². The molecule has 0 bridgehead atoms. The number of halogens is 3. The molecule has 20 heavy (non-hydrogen) atoms. The largest absolute Gasteiger partial charge is 0.417 e. The summed E-state index contributed by atoms with van der Waals surface area (Å²) in [6, 6.07) is 2.52. The Morgan fingerprint density at radius 1 is 1.30 bits per heavy atom. The summed E-state index contributed by atoms with van der Waals surface area (Å²) in [5.41, 5.74) is 1.20. The van der Waals surface area contributed by atoms with Crippen molar-refractivity contribution in [1.82, 2.24) is 10.3 Å². The van der Waals surface area contributed by atoms with E-state index in [1.54, 1.807) is 0 Å². The predicted octanol–water partition coefficient (Wildman–Crippen LogP) is 4.25. The Bertz CT molecular complexity index is 463. The third kappa shape index (κ3) is 3.60. The minimum atomic E-state index is -4.33. The van der Waals surface area contributed by atoms with E-state index in [4.69, 9.17) is 0 Å². The van der Waals surface area contributed by atoms with Gasteiger partial charge in [0.25, 0.3) is 0 Å². The van der Waals surface area contributed by atoms with Crippen molar-refractivity contribution in [3.8, 4) is 0 Å². The quantitative estimate of drug-likeness (QED) is 0.836. The average Bonchev–Trinajstić information content (AvgIpc) is 2.45. The molecule has 1 N–H and O–H groups in total. The monoisotopic (exact) mass is 284 g/mol. The highest BCUT2D eigenvalue weighted by Crippen LogP contribution is 2.32. The summed E-state index contributed by atoms with van der Waals surface area (Å²) < 4.78 is 37.7. The van der Waals surface area contributed by atoms with Gasteiger partial charge >= 0.3 is 6.18 Å². The Morgan fingerprint density at radius 2 is 2.10 bits per heavy atom. The number of hydrogen-bond donors (Lipinski definition) is 1. The van der Waals surface area contributed by atoms with Crippen LogP contribution in [-0.4, -0.2) is 11.5 Å². The minimum absolute atomic E-state index is 0.0671. The maximum Gasteiger partial charge on any atom is 0.417 e. The van der Waals surface area contributed by atoms with Crippen LogP contribution in [-0.2, 0) is 6.18 Å². The summed E-state index contributed by atoms with van der Waals surface area (Å²) >= 11 is 0. The third-order valence-corrected chi connectivity index (χ3v) is 3.51.